The van der Waals surface area contributed by atoms with Crippen LogP contribution in [-0.2, 0) is 20.7 Å². The van der Waals surface area contributed by atoms with Crippen molar-refractivity contribution >= 4 is 23.5 Å². The van der Waals surface area contributed by atoms with Crippen molar-refractivity contribution in [3.63, 3.8) is 0 Å². The van der Waals surface area contributed by atoms with Gasteiger partial charge in [-0.2, -0.15) is 0 Å². The van der Waals surface area contributed by atoms with E-state index in [0.29, 0.717) is 5.56 Å². The van der Waals surface area contributed by atoms with Crippen molar-refractivity contribution < 1.29 is 23.8 Å². The Morgan fingerprint density at radius 3 is 2.48 bits per heavy atom. The molecule has 0 saturated heterocycles. The molecule has 6 heteroatoms. The maximum absolute atomic E-state index is 13.2. The van der Waals surface area contributed by atoms with E-state index in [4.69, 9.17) is 16.3 Å². The summed E-state index contributed by atoms with van der Waals surface area (Å²) in [4.78, 5) is 23.9. The van der Waals surface area contributed by atoms with Crippen molar-refractivity contribution in [2.24, 2.45) is 11.3 Å². The Hall–Kier alpha value is -1.62. The Morgan fingerprint density at radius 1 is 1.43 bits per heavy atom. The molecule has 0 aliphatic carbocycles. The van der Waals surface area contributed by atoms with E-state index in [0.717, 1.165) is 6.07 Å². The third-order valence-corrected chi connectivity index (χ3v) is 3.76. The Bertz CT molecular complexity index is 544. The lowest BCUT2D eigenvalue weighted by Gasteiger charge is -2.31. The lowest BCUT2D eigenvalue weighted by molar-refractivity contribution is -0.172. The number of aliphatic carboxylic acids is 1. The van der Waals surface area contributed by atoms with Crippen LogP contribution in [0.4, 0.5) is 4.39 Å². The predicted octanol–water partition coefficient (Wildman–Crippen LogP) is 3.31. The average molecular weight is 317 g/mol. The van der Waals surface area contributed by atoms with Gasteiger partial charge in [0.15, 0.2) is 5.41 Å². The van der Waals surface area contributed by atoms with Crippen molar-refractivity contribution in [3.8, 4) is 0 Å². The molecule has 0 radical (unpaired) electrons. The largest absolute Gasteiger partial charge is 0.480 e. The van der Waals surface area contributed by atoms with Gasteiger partial charge in [0, 0.05) is 0 Å². The number of ether oxygens (including phenoxy) is 1. The first-order chi connectivity index (χ1) is 9.75. The summed E-state index contributed by atoms with van der Waals surface area (Å²) in [6, 6.07) is 3.90. The summed E-state index contributed by atoms with van der Waals surface area (Å²) in [5.41, 5.74) is -1.26. The van der Waals surface area contributed by atoms with Crippen LogP contribution >= 0.6 is 11.6 Å². The Balaban J connectivity index is 3.26. The van der Waals surface area contributed by atoms with Crippen molar-refractivity contribution in [1.29, 1.82) is 0 Å². The SMILES string of the molecule is CCOC(=O)C(Cc1ccc(F)c(Cl)c1)(C(=O)O)C(C)C. The summed E-state index contributed by atoms with van der Waals surface area (Å²) in [6.07, 6.45) is -0.112. The topological polar surface area (TPSA) is 63.6 Å². The maximum Gasteiger partial charge on any atom is 0.324 e. The number of halogens is 2. The Morgan fingerprint density at radius 2 is 2.05 bits per heavy atom. The fraction of sp³-hybridized carbons (Fsp3) is 0.467. The van der Waals surface area contributed by atoms with Gasteiger partial charge in [-0.25, -0.2) is 4.39 Å². The summed E-state index contributed by atoms with van der Waals surface area (Å²) < 4.78 is 18.1. The van der Waals surface area contributed by atoms with E-state index in [-0.39, 0.29) is 18.1 Å². The monoisotopic (exact) mass is 316 g/mol. The van der Waals surface area contributed by atoms with Crippen LogP contribution < -0.4 is 0 Å². The predicted molar refractivity (Wildman–Crippen MR) is 76.7 cm³/mol. The third-order valence-electron chi connectivity index (χ3n) is 3.47. The number of esters is 1. The van der Waals surface area contributed by atoms with Gasteiger partial charge in [-0.05, 0) is 37.0 Å². The molecule has 21 heavy (non-hydrogen) atoms. The summed E-state index contributed by atoms with van der Waals surface area (Å²) in [5.74, 6) is -3.16. The molecule has 1 atom stereocenters. The first-order valence-electron chi connectivity index (χ1n) is 6.60. The molecule has 1 N–H and O–H groups in total. The van der Waals surface area contributed by atoms with Gasteiger partial charge in [0.05, 0.1) is 11.6 Å². The summed E-state index contributed by atoms with van der Waals surface area (Å²) in [5, 5.41) is 9.46. The second-order valence-electron chi connectivity index (χ2n) is 5.08. The highest BCUT2D eigenvalue weighted by Crippen LogP contribution is 2.35. The highest BCUT2D eigenvalue weighted by molar-refractivity contribution is 6.30. The van der Waals surface area contributed by atoms with Crippen LogP contribution in [0.15, 0.2) is 18.2 Å². The zero-order valence-corrected chi connectivity index (χ0v) is 12.9. The third kappa shape index (κ3) is 3.53. The summed E-state index contributed by atoms with van der Waals surface area (Å²) in [6.45, 7) is 4.97. The Kier molecular flexibility index (Phi) is 5.72. The number of hydrogen-bond acceptors (Lipinski definition) is 3. The maximum atomic E-state index is 13.2. The van der Waals surface area contributed by atoms with E-state index in [1.165, 1.54) is 12.1 Å². The fourth-order valence-electron chi connectivity index (χ4n) is 2.15. The standard InChI is InChI=1S/C15H18ClFO4/c1-4-21-14(20)15(9(2)3,13(18)19)8-10-5-6-12(17)11(16)7-10/h5-7,9H,4,8H2,1-3H3,(H,18,19). The molecule has 0 heterocycles. The molecule has 4 nitrogen and oxygen atoms in total. The second kappa shape index (κ2) is 6.89. The molecule has 0 aliphatic rings. The smallest absolute Gasteiger partial charge is 0.324 e. The van der Waals surface area contributed by atoms with E-state index < -0.39 is 29.1 Å². The van der Waals surface area contributed by atoms with Crippen LogP contribution in [0, 0.1) is 17.2 Å². The van der Waals surface area contributed by atoms with Gasteiger partial charge in [-0.1, -0.05) is 31.5 Å². The van der Waals surface area contributed by atoms with Crippen molar-refractivity contribution in [2.75, 3.05) is 6.61 Å². The van der Waals surface area contributed by atoms with E-state index in [9.17, 15) is 19.1 Å². The van der Waals surface area contributed by atoms with Crippen molar-refractivity contribution in [1.82, 2.24) is 0 Å². The molecule has 0 saturated carbocycles. The number of hydrogen-bond donors (Lipinski definition) is 1. The fourth-order valence-corrected chi connectivity index (χ4v) is 2.36. The van der Waals surface area contributed by atoms with Crippen molar-refractivity contribution in [2.45, 2.75) is 27.2 Å². The van der Waals surface area contributed by atoms with Crippen LogP contribution in [0.5, 0.6) is 0 Å². The van der Waals surface area contributed by atoms with Crippen LogP contribution in [0.2, 0.25) is 5.02 Å². The molecule has 0 aromatic heterocycles. The summed E-state index contributed by atoms with van der Waals surface area (Å²) >= 11 is 5.70. The van der Waals surface area contributed by atoms with E-state index in [1.54, 1.807) is 20.8 Å². The number of benzene rings is 1. The first-order valence-corrected chi connectivity index (χ1v) is 6.98. The van der Waals surface area contributed by atoms with Gasteiger partial charge in [-0.15, -0.1) is 0 Å². The molecule has 0 fully saturated rings. The zero-order valence-electron chi connectivity index (χ0n) is 12.2. The minimum atomic E-state index is -1.73. The lowest BCUT2D eigenvalue weighted by atomic mass is 9.72. The minimum absolute atomic E-state index is 0.0881. The van der Waals surface area contributed by atoms with Crippen LogP contribution in [0.25, 0.3) is 0 Å². The number of carboxylic acids is 1. The van der Waals surface area contributed by atoms with Gasteiger partial charge < -0.3 is 9.84 Å². The van der Waals surface area contributed by atoms with Crippen LogP contribution in [0.3, 0.4) is 0 Å². The van der Waals surface area contributed by atoms with Gasteiger partial charge in [0.2, 0.25) is 0 Å². The van der Waals surface area contributed by atoms with E-state index >= 15 is 0 Å². The molecule has 1 aromatic carbocycles. The van der Waals surface area contributed by atoms with Crippen molar-refractivity contribution in [3.05, 3.63) is 34.6 Å². The number of rotatable bonds is 6. The molecule has 1 rings (SSSR count). The van der Waals surface area contributed by atoms with Crippen LogP contribution in [-0.4, -0.2) is 23.7 Å². The minimum Gasteiger partial charge on any atom is -0.480 e. The van der Waals surface area contributed by atoms with Crippen LogP contribution in [0.1, 0.15) is 26.3 Å². The molecule has 0 bridgehead atoms. The molecular formula is C15H18ClFO4. The molecule has 1 aromatic rings. The van der Waals surface area contributed by atoms with Gasteiger partial charge in [-0.3, -0.25) is 9.59 Å². The van der Waals surface area contributed by atoms with E-state index in [1.807, 2.05) is 0 Å². The van der Waals surface area contributed by atoms with Gasteiger partial charge >= 0.3 is 11.9 Å². The number of carbonyl (C=O) groups is 2. The normalized spacial score (nSPS) is 13.8. The number of carboxylic acid groups (broad SMARTS) is 1. The zero-order chi connectivity index (χ0) is 16.2. The summed E-state index contributed by atoms with van der Waals surface area (Å²) in [7, 11) is 0. The molecule has 0 spiro atoms. The highest BCUT2D eigenvalue weighted by Gasteiger charge is 2.50. The molecule has 116 valence electrons. The highest BCUT2D eigenvalue weighted by atomic mass is 35.5. The van der Waals surface area contributed by atoms with Gasteiger partial charge in [0.25, 0.3) is 0 Å². The lowest BCUT2D eigenvalue weighted by Crippen LogP contribution is -2.47. The molecule has 0 aliphatic heterocycles. The molecule has 0 amide bonds. The molecule has 1 unspecified atom stereocenters. The second-order valence-corrected chi connectivity index (χ2v) is 5.48. The van der Waals surface area contributed by atoms with E-state index in [2.05, 4.69) is 0 Å². The number of carbonyl (C=O) groups excluding carboxylic acids is 1. The quantitative estimate of drug-likeness (QED) is 0.646. The average Bonchev–Trinajstić information content (AvgIpc) is 2.39. The first kappa shape index (κ1) is 17.4. The molecular weight excluding hydrogens is 299 g/mol. The van der Waals surface area contributed by atoms with Gasteiger partial charge in [0.1, 0.15) is 5.82 Å². The Labute approximate surface area is 127 Å².